The van der Waals surface area contributed by atoms with Crippen molar-refractivity contribution in [1.82, 2.24) is 0 Å². The van der Waals surface area contributed by atoms with Gasteiger partial charge in [-0.25, -0.2) is 0 Å². The van der Waals surface area contributed by atoms with Gasteiger partial charge in [-0.3, -0.25) is 0 Å². The molecular weight excluding hydrogens is 312 g/mol. The third kappa shape index (κ3) is 4.35. The predicted molar refractivity (Wildman–Crippen MR) is 110 cm³/mol. The molecule has 2 aromatic carbocycles. The molecule has 2 nitrogen and oxygen atoms in total. The summed E-state index contributed by atoms with van der Waals surface area (Å²) in [5.41, 5.74) is 6.09. The first-order chi connectivity index (χ1) is 11.4. The first-order valence-electron chi connectivity index (χ1n) is 8.72. The summed E-state index contributed by atoms with van der Waals surface area (Å²) in [6, 6.07) is 14.8. The summed E-state index contributed by atoms with van der Waals surface area (Å²) in [7, 11) is 0. The van der Waals surface area contributed by atoms with Crippen molar-refractivity contribution in [2.24, 2.45) is 0 Å². The molecule has 0 aliphatic rings. The number of aryl methyl sites for hydroxylation is 1. The number of nitrogens with one attached hydrogen (secondary N) is 2. The monoisotopic (exact) mass is 340 g/mol. The van der Waals surface area contributed by atoms with Crippen molar-refractivity contribution in [1.29, 1.82) is 0 Å². The summed E-state index contributed by atoms with van der Waals surface area (Å²) < 4.78 is 0. The quantitative estimate of drug-likeness (QED) is 0.624. The summed E-state index contributed by atoms with van der Waals surface area (Å²) in [5.74, 6) is 0.883. The summed E-state index contributed by atoms with van der Waals surface area (Å²) in [6.45, 7) is 11.0. The number of rotatable bonds is 5. The molecule has 0 aliphatic carbocycles. The number of benzene rings is 2. The maximum absolute atomic E-state index is 5.60. The van der Waals surface area contributed by atoms with Crippen LogP contribution in [0.15, 0.2) is 42.5 Å². The minimum absolute atomic E-state index is 0.442. The highest BCUT2D eigenvalue weighted by molar-refractivity contribution is 7.80. The van der Waals surface area contributed by atoms with E-state index in [1.807, 2.05) is 6.07 Å². The minimum Gasteiger partial charge on any atom is -0.332 e. The third-order valence-corrected chi connectivity index (χ3v) is 4.46. The number of hydrogen-bond acceptors (Lipinski definition) is 1. The van der Waals surface area contributed by atoms with Crippen molar-refractivity contribution in [3.05, 3.63) is 59.2 Å². The van der Waals surface area contributed by atoms with Gasteiger partial charge in [0.25, 0.3) is 0 Å². The van der Waals surface area contributed by atoms with Crippen LogP contribution in [0.25, 0.3) is 0 Å². The molecule has 0 saturated carbocycles. The molecule has 3 heteroatoms. The minimum atomic E-state index is 0.442. The standard InChI is InChI=1S/C21H28N2S/c1-6-16-10-7-8-13-19(16)22-21(24)23-20-17(14(2)3)11-9-12-18(20)15(4)5/h7-15H,6H2,1-5H3,(H2,22,23,24). The predicted octanol–water partition coefficient (Wildman–Crippen LogP) is 6.30. The lowest BCUT2D eigenvalue weighted by atomic mass is 9.93. The smallest absolute Gasteiger partial charge is 0.175 e. The summed E-state index contributed by atoms with van der Waals surface area (Å²) in [4.78, 5) is 0. The Morgan fingerprint density at radius 2 is 1.46 bits per heavy atom. The van der Waals surface area contributed by atoms with Crippen molar-refractivity contribution < 1.29 is 0 Å². The van der Waals surface area contributed by atoms with Crippen LogP contribution in [0.3, 0.4) is 0 Å². The molecule has 2 rings (SSSR count). The van der Waals surface area contributed by atoms with Crippen LogP contribution in [0.1, 0.15) is 63.1 Å². The lowest BCUT2D eigenvalue weighted by Gasteiger charge is -2.22. The Labute approximate surface area is 151 Å². The van der Waals surface area contributed by atoms with Gasteiger partial charge in [0.15, 0.2) is 5.11 Å². The van der Waals surface area contributed by atoms with Gasteiger partial charge in [0, 0.05) is 11.4 Å². The number of hydrogen-bond donors (Lipinski definition) is 2. The van der Waals surface area contributed by atoms with Gasteiger partial charge < -0.3 is 10.6 Å². The van der Waals surface area contributed by atoms with Gasteiger partial charge >= 0.3 is 0 Å². The third-order valence-electron chi connectivity index (χ3n) is 4.26. The highest BCUT2D eigenvalue weighted by Crippen LogP contribution is 2.32. The van der Waals surface area contributed by atoms with Gasteiger partial charge in [-0.1, -0.05) is 71.0 Å². The van der Waals surface area contributed by atoms with Gasteiger partial charge in [-0.2, -0.15) is 0 Å². The van der Waals surface area contributed by atoms with Crippen LogP contribution in [0.5, 0.6) is 0 Å². The van der Waals surface area contributed by atoms with E-state index in [-0.39, 0.29) is 0 Å². The van der Waals surface area contributed by atoms with Crippen molar-refractivity contribution in [2.75, 3.05) is 10.6 Å². The lowest BCUT2D eigenvalue weighted by molar-refractivity contribution is 0.839. The molecule has 24 heavy (non-hydrogen) atoms. The van der Waals surface area contributed by atoms with Gasteiger partial charge in [0.05, 0.1) is 0 Å². The molecule has 128 valence electrons. The Morgan fingerprint density at radius 3 is 2.00 bits per heavy atom. The SMILES string of the molecule is CCc1ccccc1NC(=S)Nc1c(C(C)C)cccc1C(C)C. The van der Waals surface area contributed by atoms with Crippen molar-refractivity contribution in [3.63, 3.8) is 0 Å². The fourth-order valence-corrected chi connectivity index (χ4v) is 3.13. The van der Waals surface area contributed by atoms with Crippen LogP contribution >= 0.6 is 12.2 Å². The molecule has 0 amide bonds. The molecular formula is C21H28N2S. The zero-order valence-corrected chi connectivity index (χ0v) is 16.1. The Bertz CT molecular complexity index is 678. The first kappa shape index (κ1) is 18.5. The topological polar surface area (TPSA) is 24.1 Å². The molecule has 0 unspecified atom stereocenters. The van der Waals surface area contributed by atoms with Crippen LogP contribution in [-0.4, -0.2) is 5.11 Å². The Kier molecular flexibility index (Phi) is 6.38. The van der Waals surface area contributed by atoms with E-state index in [0.717, 1.165) is 17.8 Å². The maximum atomic E-state index is 5.60. The fraction of sp³-hybridized carbons (Fsp3) is 0.381. The van der Waals surface area contributed by atoms with Crippen LogP contribution in [0.4, 0.5) is 11.4 Å². The van der Waals surface area contributed by atoms with Gasteiger partial charge in [0.1, 0.15) is 0 Å². The second-order valence-electron chi connectivity index (χ2n) is 6.71. The zero-order chi connectivity index (χ0) is 17.7. The van der Waals surface area contributed by atoms with E-state index in [9.17, 15) is 0 Å². The Morgan fingerprint density at radius 1 is 0.875 bits per heavy atom. The first-order valence-corrected chi connectivity index (χ1v) is 9.13. The van der Waals surface area contributed by atoms with Crippen molar-refractivity contribution >= 4 is 28.7 Å². The second-order valence-corrected chi connectivity index (χ2v) is 7.12. The molecule has 0 saturated heterocycles. The largest absolute Gasteiger partial charge is 0.332 e. The van der Waals surface area contributed by atoms with Gasteiger partial charge in [-0.15, -0.1) is 0 Å². The van der Waals surface area contributed by atoms with E-state index < -0.39 is 0 Å². The summed E-state index contributed by atoms with van der Waals surface area (Å²) in [5, 5.41) is 7.47. The number of para-hydroxylation sites is 2. The van der Waals surface area contributed by atoms with Crippen LogP contribution in [-0.2, 0) is 6.42 Å². The highest BCUT2D eigenvalue weighted by atomic mass is 32.1. The molecule has 2 N–H and O–H groups in total. The molecule has 0 aromatic heterocycles. The van der Waals surface area contributed by atoms with E-state index in [1.54, 1.807) is 0 Å². The van der Waals surface area contributed by atoms with Gasteiger partial charge in [-0.05, 0) is 53.2 Å². The average Bonchev–Trinajstić information content (AvgIpc) is 2.55. The van der Waals surface area contributed by atoms with Crippen molar-refractivity contribution in [3.8, 4) is 0 Å². The Hall–Kier alpha value is -1.87. The van der Waals surface area contributed by atoms with E-state index in [2.05, 4.69) is 81.7 Å². The number of thiocarbonyl (C=S) groups is 1. The second kappa shape index (κ2) is 8.29. The van der Waals surface area contributed by atoms with E-state index in [4.69, 9.17) is 12.2 Å². The van der Waals surface area contributed by atoms with Crippen LogP contribution in [0.2, 0.25) is 0 Å². The van der Waals surface area contributed by atoms with Gasteiger partial charge in [0.2, 0.25) is 0 Å². The molecule has 0 bridgehead atoms. The number of anilines is 2. The molecule has 0 heterocycles. The highest BCUT2D eigenvalue weighted by Gasteiger charge is 2.15. The summed E-state index contributed by atoms with van der Waals surface area (Å²) in [6.07, 6.45) is 0.978. The molecule has 0 radical (unpaired) electrons. The molecule has 0 fully saturated rings. The molecule has 0 atom stereocenters. The summed E-state index contributed by atoms with van der Waals surface area (Å²) >= 11 is 5.60. The zero-order valence-electron chi connectivity index (χ0n) is 15.3. The molecule has 2 aromatic rings. The van der Waals surface area contributed by atoms with E-state index >= 15 is 0 Å². The van der Waals surface area contributed by atoms with E-state index in [0.29, 0.717) is 16.9 Å². The maximum Gasteiger partial charge on any atom is 0.175 e. The molecule has 0 spiro atoms. The lowest BCUT2D eigenvalue weighted by Crippen LogP contribution is -2.22. The van der Waals surface area contributed by atoms with Crippen molar-refractivity contribution in [2.45, 2.75) is 52.9 Å². The average molecular weight is 341 g/mol. The van der Waals surface area contributed by atoms with Crippen LogP contribution < -0.4 is 10.6 Å². The van der Waals surface area contributed by atoms with Crippen LogP contribution in [0, 0.1) is 0 Å². The Balaban J connectivity index is 2.28. The normalized spacial score (nSPS) is 11.0. The van der Waals surface area contributed by atoms with E-state index in [1.165, 1.54) is 16.7 Å². The fourth-order valence-electron chi connectivity index (χ4n) is 2.91. The molecule has 0 aliphatic heterocycles.